The van der Waals surface area contributed by atoms with Gasteiger partial charge in [-0.3, -0.25) is 4.79 Å². The third-order valence-corrected chi connectivity index (χ3v) is 4.54. The first kappa shape index (κ1) is 22.2. The summed E-state index contributed by atoms with van der Waals surface area (Å²) in [5.41, 5.74) is 4.58. The number of amides is 1. The molecule has 0 heterocycles. The van der Waals surface area contributed by atoms with Crippen molar-refractivity contribution in [3.63, 3.8) is 0 Å². The minimum Gasteiger partial charge on any atom is -0.496 e. The first-order valence-corrected chi connectivity index (χ1v) is 10.1. The fourth-order valence-corrected chi connectivity index (χ4v) is 2.98. The van der Waals surface area contributed by atoms with E-state index in [4.69, 9.17) is 25.8 Å². The van der Waals surface area contributed by atoms with Gasteiger partial charge in [-0.05, 0) is 48.9 Å². The summed E-state index contributed by atoms with van der Waals surface area (Å²) in [5.74, 6) is 1.27. The van der Waals surface area contributed by atoms with Crippen LogP contribution in [0.5, 0.6) is 17.2 Å². The average Bonchev–Trinajstić information content (AvgIpc) is 2.79. The number of hydrazone groups is 1. The van der Waals surface area contributed by atoms with E-state index in [0.717, 1.165) is 5.56 Å². The summed E-state index contributed by atoms with van der Waals surface area (Å²) in [6, 6.07) is 20.0. The van der Waals surface area contributed by atoms with Crippen LogP contribution in [0.4, 0.5) is 0 Å². The molecule has 0 radical (unpaired) electrons. The summed E-state index contributed by atoms with van der Waals surface area (Å²) in [5, 5.41) is 4.55. The topological polar surface area (TPSA) is 69.2 Å². The number of nitrogens with one attached hydrogen (secondary N) is 1. The molecule has 3 aromatic rings. The van der Waals surface area contributed by atoms with Crippen LogP contribution in [0.1, 0.15) is 28.4 Å². The van der Waals surface area contributed by atoms with Crippen molar-refractivity contribution in [2.24, 2.45) is 5.10 Å². The fraction of sp³-hybridized carbons (Fsp3) is 0.167. The second-order valence-corrected chi connectivity index (χ2v) is 6.89. The summed E-state index contributed by atoms with van der Waals surface area (Å²) >= 11 is 6.01. The molecule has 0 saturated carbocycles. The Balaban J connectivity index is 1.69. The fourth-order valence-electron chi connectivity index (χ4n) is 2.80. The van der Waals surface area contributed by atoms with Gasteiger partial charge in [0.25, 0.3) is 5.91 Å². The minimum absolute atomic E-state index is 0.382. The van der Waals surface area contributed by atoms with Crippen molar-refractivity contribution in [2.45, 2.75) is 13.5 Å². The van der Waals surface area contributed by atoms with Crippen LogP contribution in [-0.2, 0) is 6.61 Å². The Kier molecular flexibility index (Phi) is 7.90. The number of hydrogen-bond acceptors (Lipinski definition) is 5. The zero-order chi connectivity index (χ0) is 22.1. The molecular weight excluding hydrogens is 416 g/mol. The van der Waals surface area contributed by atoms with Crippen molar-refractivity contribution in [3.8, 4) is 17.2 Å². The smallest absolute Gasteiger partial charge is 0.271 e. The molecule has 7 heteroatoms. The molecule has 0 aliphatic carbocycles. The maximum Gasteiger partial charge on any atom is 0.271 e. The zero-order valence-corrected chi connectivity index (χ0v) is 18.1. The van der Waals surface area contributed by atoms with Gasteiger partial charge in [0.2, 0.25) is 0 Å². The molecule has 0 bridgehead atoms. The second kappa shape index (κ2) is 11.0. The second-order valence-electron chi connectivity index (χ2n) is 6.45. The van der Waals surface area contributed by atoms with E-state index in [1.54, 1.807) is 43.5 Å². The molecule has 3 rings (SSSR count). The average molecular weight is 439 g/mol. The van der Waals surface area contributed by atoms with E-state index in [0.29, 0.717) is 46.6 Å². The molecule has 0 spiro atoms. The van der Waals surface area contributed by atoms with Gasteiger partial charge in [0.1, 0.15) is 12.4 Å². The Hall–Kier alpha value is -3.51. The Morgan fingerprint density at radius 1 is 1.00 bits per heavy atom. The number of rotatable bonds is 9. The van der Waals surface area contributed by atoms with Crippen molar-refractivity contribution in [3.05, 3.63) is 88.4 Å². The summed E-state index contributed by atoms with van der Waals surface area (Å²) in [4.78, 5) is 12.5. The number of hydrogen-bond donors (Lipinski definition) is 1. The summed E-state index contributed by atoms with van der Waals surface area (Å²) in [6.45, 7) is 2.72. The number of carbonyl (C=O) groups is 1. The van der Waals surface area contributed by atoms with Gasteiger partial charge < -0.3 is 14.2 Å². The number of halogens is 1. The lowest BCUT2D eigenvalue weighted by Gasteiger charge is -2.13. The van der Waals surface area contributed by atoms with Gasteiger partial charge >= 0.3 is 0 Å². The van der Waals surface area contributed by atoms with Gasteiger partial charge in [-0.1, -0.05) is 41.9 Å². The van der Waals surface area contributed by atoms with Crippen LogP contribution >= 0.6 is 11.6 Å². The molecular formula is C24H23ClN2O4. The van der Waals surface area contributed by atoms with Crippen LogP contribution in [0.15, 0.2) is 71.8 Å². The number of benzene rings is 3. The summed E-state index contributed by atoms with van der Waals surface area (Å²) < 4.78 is 16.8. The first-order chi connectivity index (χ1) is 15.1. The van der Waals surface area contributed by atoms with Crippen molar-refractivity contribution >= 4 is 23.7 Å². The number of nitrogens with zero attached hydrogens (tertiary/aromatic N) is 1. The first-order valence-electron chi connectivity index (χ1n) is 9.71. The lowest BCUT2D eigenvalue weighted by atomic mass is 10.2. The predicted molar refractivity (Wildman–Crippen MR) is 121 cm³/mol. The van der Waals surface area contributed by atoms with Crippen molar-refractivity contribution in [1.29, 1.82) is 0 Å². The highest BCUT2D eigenvalue weighted by molar-refractivity contribution is 6.30. The van der Waals surface area contributed by atoms with E-state index in [1.165, 1.54) is 6.21 Å². The van der Waals surface area contributed by atoms with E-state index >= 15 is 0 Å². The van der Waals surface area contributed by atoms with Gasteiger partial charge in [-0.15, -0.1) is 0 Å². The molecule has 3 aromatic carbocycles. The molecule has 0 aliphatic heterocycles. The van der Waals surface area contributed by atoms with Crippen LogP contribution in [0.3, 0.4) is 0 Å². The quantitative estimate of drug-likeness (QED) is 0.373. The molecule has 160 valence electrons. The SMILES string of the molecule is CCOc1cc(C(=O)N/N=C/c2cc(Cl)ccc2OC)ccc1OCc1ccccc1. The minimum atomic E-state index is -0.382. The third-order valence-electron chi connectivity index (χ3n) is 4.30. The van der Waals surface area contributed by atoms with Crippen molar-refractivity contribution in [2.75, 3.05) is 13.7 Å². The summed E-state index contributed by atoms with van der Waals surface area (Å²) in [6.07, 6.45) is 1.48. The highest BCUT2D eigenvalue weighted by atomic mass is 35.5. The van der Waals surface area contributed by atoms with Crippen molar-refractivity contribution < 1.29 is 19.0 Å². The lowest BCUT2D eigenvalue weighted by molar-refractivity contribution is 0.0954. The molecule has 0 fully saturated rings. The zero-order valence-electron chi connectivity index (χ0n) is 17.3. The van der Waals surface area contributed by atoms with E-state index in [2.05, 4.69) is 10.5 Å². The number of carbonyl (C=O) groups excluding carboxylic acids is 1. The van der Waals surface area contributed by atoms with Crippen LogP contribution < -0.4 is 19.6 Å². The van der Waals surface area contributed by atoms with Crippen LogP contribution in [0.2, 0.25) is 5.02 Å². The summed E-state index contributed by atoms with van der Waals surface area (Å²) in [7, 11) is 1.55. The van der Waals surface area contributed by atoms with Gasteiger partial charge in [0, 0.05) is 16.1 Å². The highest BCUT2D eigenvalue weighted by Gasteiger charge is 2.12. The van der Waals surface area contributed by atoms with Crippen LogP contribution in [-0.4, -0.2) is 25.8 Å². The predicted octanol–water partition coefficient (Wildman–Crippen LogP) is 5.09. The molecule has 0 aromatic heterocycles. The Morgan fingerprint density at radius 3 is 2.52 bits per heavy atom. The Labute approximate surface area is 186 Å². The Morgan fingerprint density at radius 2 is 1.77 bits per heavy atom. The highest BCUT2D eigenvalue weighted by Crippen LogP contribution is 2.29. The standard InChI is InChI=1S/C24H23ClN2O4/c1-3-30-23-14-18(9-11-22(23)31-16-17-7-5-4-6-8-17)24(28)27-26-15-19-13-20(25)10-12-21(19)29-2/h4-15H,3,16H2,1-2H3,(H,27,28)/b26-15+. The molecule has 6 nitrogen and oxygen atoms in total. The van der Waals surface area contributed by atoms with E-state index < -0.39 is 0 Å². The van der Waals surface area contributed by atoms with Gasteiger partial charge in [-0.2, -0.15) is 5.10 Å². The van der Waals surface area contributed by atoms with Gasteiger partial charge in [-0.25, -0.2) is 5.43 Å². The van der Waals surface area contributed by atoms with Crippen LogP contribution in [0, 0.1) is 0 Å². The lowest BCUT2D eigenvalue weighted by Crippen LogP contribution is -2.18. The normalized spacial score (nSPS) is 10.7. The molecule has 0 unspecified atom stereocenters. The van der Waals surface area contributed by atoms with E-state index in [9.17, 15) is 4.79 Å². The van der Waals surface area contributed by atoms with E-state index in [1.807, 2.05) is 37.3 Å². The molecule has 0 aliphatic rings. The maximum absolute atomic E-state index is 12.5. The maximum atomic E-state index is 12.5. The van der Waals surface area contributed by atoms with Crippen LogP contribution in [0.25, 0.3) is 0 Å². The van der Waals surface area contributed by atoms with E-state index in [-0.39, 0.29) is 5.91 Å². The molecule has 0 saturated heterocycles. The van der Waals surface area contributed by atoms with Gasteiger partial charge in [0.15, 0.2) is 11.5 Å². The molecule has 1 amide bonds. The number of ether oxygens (including phenoxy) is 3. The number of methoxy groups -OCH3 is 1. The Bertz CT molecular complexity index is 1050. The van der Waals surface area contributed by atoms with Gasteiger partial charge in [0.05, 0.1) is 19.9 Å². The molecule has 0 atom stereocenters. The monoisotopic (exact) mass is 438 g/mol. The third kappa shape index (κ3) is 6.23. The molecule has 31 heavy (non-hydrogen) atoms. The van der Waals surface area contributed by atoms with Crippen molar-refractivity contribution in [1.82, 2.24) is 5.43 Å². The molecule has 1 N–H and O–H groups in total. The largest absolute Gasteiger partial charge is 0.496 e.